The fraction of sp³-hybridized carbons (Fsp3) is 0.214. The first-order valence-electron chi connectivity index (χ1n) is 11.7. The minimum absolute atomic E-state index is 0. The Morgan fingerprint density at radius 3 is 2.21 bits per heavy atom. The lowest BCUT2D eigenvalue weighted by atomic mass is 10.1. The van der Waals surface area contributed by atoms with E-state index in [1.807, 2.05) is 41.3 Å². The molecule has 0 N–H and O–H groups in total. The summed E-state index contributed by atoms with van der Waals surface area (Å²) in [5, 5.41) is 13.5. The summed E-state index contributed by atoms with van der Waals surface area (Å²) in [6, 6.07) is 21.3. The number of piperazine rings is 1. The molecule has 10 heteroatoms. The van der Waals surface area contributed by atoms with Gasteiger partial charge in [0.05, 0.1) is 27.0 Å². The van der Waals surface area contributed by atoms with Crippen LogP contribution in [0.5, 0.6) is 0 Å². The zero-order chi connectivity index (χ0) is 26.1. The number of amides is 1. The molecule has 1 fully saturated rings. The molecule has 1 aliphatic rings. The number of fused-ring (bicyclic) bond motifs is 1. The SMILES string of the molecule is C.O=C(c1ccc(Cl)c(Cl)c1)N1CCN(c2c([N+](=O)[O-])c(=O)n(Cc3ccccc3)c3ccccc23)CC1. The lowest BCUT2D eigenvalue weighted by Gasteiger charge is -2.36. The van der Waals surface area contributed by atoms with Crippen molar-refractivity contribution < 1.29 is 9.72 Å². The number of rotatable bonds is 5. The first-order valence-corrected chi connectivity index (χ1v) is 12.4. The zero-order valence-corrected chi connectivity index (χ0v) is 21.2. The quantitative estimate of drug-likeness (QED) is 0.228. The van der Waals surface area contributed by atoms with E-state index in [9.17, 15) is 19.7 Å². The third-order valence-corrected chi connectivity index (χ3v) is 7.28. The Morgan fingerprint density at radius 2 is 1.55 bits per heavy atom. The fourth-order valence-electron chi connectivity index (χ4n) is 4.73. The molecule has 0 atom stereocenters. The van der Waals surface area contributed by atoms with Crippen LogP contribution in [0.2, 0.25) is 10.0 Å². The number of carbonyl (C=O) groups is 1. The largest absolute Gasteiger partial charge is 0.362 e. The molecule has 0 radical (unpaired) electrons. The van der Waals surface area contributed by atoms with Crippen LogP contribution in [0.15, 0.2) is 77.6 Å². The van der Waals surface area contributed by atoms with Crippen molar-refractivity contribution in [3.05, 3.63) is 114 Å². The second kappa shape index (κ2) is 11.2. The summed E-state index contributed by atoms with van der Waals surface area (Å²) >= 11 is 12.0. The van der Waals surface area contributed by atoms with Crippen LogP contribution in [-0.4, -0.2) is 46.5 Å². The van der Waals surface area contributed by atoms with Crippen molar-refractivity contribution >= 4 is 51.4 Å². The van der Waals surface area contributed by atoms with E-state index in [0.29, 0.717) is 52.7 Å². The van der Waals surface area contributed by atoms with Gasteiger partial charge in [0.1, 0.15) is 5.69 Å². The Balaban J connectivity index is 0.00000336. The molecule has 0 saturated carbocycles. The minimum Gasteiger partial charge on any atom is -0.362 e. The van der Waals surface area contributed by atoms with Crippen LogP contribution in [0.1, 0.15) is 23.3 Å². The van der Waals surface area contributed by atoms with Gasteiger partial charge in [-0.15, -0.1) is 0 Å². The number of nitrogens with zero attached hydrogens (tertiary/aromatic N) is 4. The maximum absolute atomic E-state index is 13.5. The molecule has 1 amide bonds. The molecule has 1 saturated heterocycles. The molecule has 0 unspecified atom stereocenters. The first-order chi connectivity index (χ1) is 17.8. The Morgan fingerprint density at radius 1 is 0.895 bits per heavy atom. The van der Waals surface area contributed by atoms with Gasteiger partial charge in [-0.1, -0.05) is 79.2 Å². The van der Waals surface area contributed by atoms with Crippen molar-refractivity contribution in [1.29, 1.82) is 0 Å². The summed E-state index contributed by atoms with van der Waals surface area (Å²) in [6.45, 7) is 1.54. The molecule has 1 aromatic heterocycles. The van der Waals surface area contributed by atoms with Gasteiger partial charge in [0.2, 0.25) is 0 Å². The van der Waals surface area contributed by atoms with Crippen LogP contribution >= 0.6 is 23.2 Å². The van der Waals surface area contributed by atoms with Crippen LogP contribution in [0, 0.1) is 10.1 Å². The van der Waals surface area contributed by atoms with E-state index in [1.165, 1.54) is 10.6 Å². The molecule has 8 nitrogen and oxygen atoms in total. The zero-order valence-electron chi connectivity index (χ0n) is 19.6. The Bertz CT molecular complexity index is 1560. The van der Waals surface area contributed by atoms with Crippen LogP contribution in [0.25, 0.3) is 10.9 Å². The standard InChI is InChI=1S/C27H22Cl2N4O4.CH4/c28-21-11-10-19(16-22(21)29)26(34)31-14-12-30(13-15-31)24-20-8-4-5-9-23(20)32(27(35)25(24)33(36)37)17-18-6-2-1-3-7-18;/h1-11,16H,12-15,17H2;1H4. The summed E-state index contributed by atoms with van der Waals surface area (Å²) < 4.78 is 1.45. The number of halogens is 2. The van der Waals surface area contributed by atoms with Gasteiger partial charge in [-0.2, -0.15) is 0 Å². The average Bonchev–Trinajstić information content (AvgIpc) is 2.91. The number of para-hydroxylation sites is 1. The van der Waals surface area contributed by atoms with E-state index in [2.05, 4.69) is 0 Å². The highest BCUT2D eigenvalue weighted by Gasteiger charge is 2.32. The fourth-order valence-corrected chi connectivity index (χ4v) is 5.03. The summed E-state index contributed by atoms with van der Waals surface area (Å²) in [6.07, 6.45) is 0. The number of anilines is 1. The second-order valence-corrected chi connectivity index (χ2v) is 9.57. The topological polar surface area (TPSA) is 88.7 Å². The molecule has 196 valence electrons. The monoisotopic (exact) mass is 552 g/mol. The van der Waals surface area contributed by atoms with E-state index in [0.717, 1.165) is 5.56 Å². The van der Waals surface area contributed by atoms with E-state index in [4.69, 9.17) is 23.2 Å². The normalized spacial score (nSPS) is 13.3. The third kappa shape index (κ3) is 5.10. The second-order valence-electron chi connectivity index (χ2n) is 8.76. The molecule has 0 bridgehead atoms. The average molecular weight is 553 g/mol. The Hall–Kier alpha value is -3.88. The predicted molar refractivity (Wildman–Crippen MR) is 152 cm³/mol. The molecule has 4 aromatic rings. The van der Waals surface area contributed by atoms with Gasteiger partial charge >= 0.3 is 11.2 Å². The number of carbonyl (C=O) groups excluding carboxylic acids is 1. The van der Waals surface area contributed by atoms with Crippen molar-refractivity contribution in [1.82, 2.24) is 9.47 Å². The third-order valence-electron chi connectivity index (χ3n) is 6.54. The van der Waals surface area contributed by atoms with Gasteiger partial charge in [-0.3, -0.25) is 24.3 Å². The Kier molecular flexibility index (Phi) is 8.04. The maximum atomic E-state index is 13.5. The summed E-state index contributed by atoms with van der Waals surface area (Å²) in [4.78, 5) is 41.7. The first kappa shape index (κ1) is 27.2. The van der Waals surface area contributed by atoms with Crippen molar-refractivity contribution in [3.8, 4) is 0 Å². The van der Waals surface area contributed by atoms with E-state index < -0.39 is 16.2 Å². The molecule has 0 spiro atoms. The molecular formula is C28H26Cl2N4O4. The van der Waals surface area contributed by atoms with E-state index in [-0.39, 0.29) is 25.6 Å². The van der Waals surface area contributed by atoms with Crippen LogP contribution in [-0.2, 0) is 6.54 Å². The number of nitro groups is 1. The number of benzene rings is 3. The molecule has 5 rings (SSSR count). The molecule has 2 heterocycles. The van der Waals surface area contributed by atoms with Crippen LogP contribution < -0.4 is 10.5 Å². The minimum atomic E-state index is -0.656. The molecule has 0 aliphatic carbocycles. The van der Waals surface area contributed by atoms with Crippen molar-refractivity contribution in [3.63, 3.8) is 0 Å². The van der Waals surface area contributed by atoms with Crippen LogP contribution in [0.3, 0.4) is 0 Å². The molecule has 1 aliphatic heterocycles. The number of hydrogen-bond donors (Lipinski definition) is 0. The van der Waals surface area contributed by atoms with Gasteiger partial charge in [0.25, 0.3) is 5.91 Å². The number of aromatic nitrogens is 1. The number of pyridine rings is 1. The van der Waals surface area contributed by atoms with Gasteiger partial charge in [0, 0.05) is 37.1 Å². The summed E-state index contributed by atoms with van der Waals surface area (Å²) in [5.41, 5.74) is 1.08. The maximum Gasteiger partial charge on any atom is 0.357 e. The van der Waals surface area contributed by atoms with E-state index >= 15 is 0 Å². The van der Waals surface area contributed by atoms with Gasteiger partial charge < -0.3 is 9.80 Å². The lowest BCUT2D eigenvalue weighted by Crippen LogP contribution is -2.49. The summed E-state index contributed by atoms with van der Waals surface area (Å²) in [5.74, 6) is -0.198. The van der Waals surface area contributed by atoms with Crippen molar-refractivity contribution in [2.45, 2.75) is 14.0 Å². The molecule has 38 heavy (non-hydrogen) atoms. The molecular weight excluding hydrogens is 527 g/mol. The van der Waals surface area contributed by atoms with E-state index in [1.54, 1.807) is 35.2 Å². The van der Waals surface area contributed by atoms with Gasteiger partial charge in [0.15, 0.2) is 0 Å². The highest BCUT2D eigenvalue weighted by Crippen LogP contribution is 2.34. The number of hydrogen-bond acceptors (Lipinski definition) is 5. The van der Waals surface area contributed by atoms with Crippen LogP contribution in [0.4, 0.5) is 11.4 Å². The highest BCUT2D eigenvalue weighted by molar-refractivity contribution is 6.42. The van der Waals surface area contributed by atoms with Gasteiger partial charge in [-0.25, -0.2) is 0 Å². The smallest absolute Gasteiger partial charge is 0.357 e. The van der Waals surface area contributed by atoms with Gasteiger partial charge in [-0.05, 0) is 29.8 Å². The molecule has 3 aromatic carbocycles. The lowest BCUT2D eigenvalue weighted by molar-refractivity contribution is -0.385. The highest BCUT2D eigenvalue weighted by atomic mass is 35.5. The summed E-state index contributed by atoms with van der Waals surface area (Å²) in [7, 11) is 0. The van der Waals surface area contributed by atoms with Crippen molar-refractivity contribution in [2.24, 2.45) is 0 Å². The Labute approximate surface area is 229 Å². The van der Waals surface area contributed by atoms with Crippen molar-refractivity contribution in [2.75, 3.05) is 31.1 Å². The predicted octanol–water partition coefficient (Wildman–Crippen LogP) is 5.86.